The molecule has 0 saturated carbocycles. The highest BCUT2D eigenvalue weighted by atomic mass is 35.5. The summed E-state index contributed by atoms with van der Waals surface area (Å²) < 4.78 is 43.7. The maximum Gasteiger partial charge on any atom is 0.417 e. The summed E-state index contributed by atoms with van der Waals surface area (Å²) in [5.41, 5.74) is -0.275. The molecule has 1 aromatic heterocycles. The lowest BCUT2D eigenvalue weighted by Crippen LogP contribution is -2.36. The Balaban J connectivity index is 1.59. The molecule has 1 aliphatic rings. The smallest absolute Gasteiger partial charge is 0.417 e. The minimum Gasteiger partial charge on any atom is -0.495 e. The number of anilines is 2. The molecule has 3 rings (SSSR count). The van der Waals surface area contributed by atoms with Crippen LogP contribution in [0.2, 0.25) is 5.02 Å². The predicted octanol–water partition coefficient (Wildman–Crippen LogP) is 3.91. The van der Waals surface area contributed by atoms with Crippen LogP contribution in [0.4, 0.5) is 24.7 Å². The Kier molecular flexibility index (Phi) is 7.04. The largest absolute Gasteiger partial charge is 0.495 e. The minimum atomic E-state index is -4.49. The second-order valence-electron chi connectivity index (χ2n) is 6.89. The molecule has 1 aliphatic heterocycles. The first-order valence-corrected chi connectivity index (χ1v) is 9.78. The fourth-order valence-corrected chi connectivity index (χ4v) is 3.59. The number of aromatic nitrogens is 1. The molecular weight excluding hydrogens is 421 g/mol. The number of benzene rings is 1. The van der Waals surface area contributed by atoms with Gasteiger partial charge in [0.25, 0.3) is 0 Å². The van der Waals surface area contributed by atoms with Crippen LogP contribution in [0.5, 0.6) is 5.75 Å². The minimum absolute atomic E-state index is 0.0350. The lowest BCUT2D eigenvalue weighted by Gasteiger charge is -2.24. The van der Waals surface area contributed by atoms with Gasteiger partial charge in [0.1, 0.15) is 11.6 Å². The van der Waals surface area contributed by atoms with E-state index in [4.69, 9.17) is 16.3 Å². The lowest BCUT2D eigenvalue weighted by atomic mass is 10.2. The number of halogens is 4. The topological polar surface area (TPSA) is 57.7 Å². The molecule has 1 fully saturated rings. The number of amides is 1. The van der Waals surface area contributed by atoms with Crippen LogP contribution in [-0.2, 0) is 11.0 Å². The highest BCUT2D eigenvalue weighted by molar-refractivity contribution is 6.33. The second kappa shape index (κ2) is 9.53. The molecule has 0 spiro atoms. The number of carbonyl (C=O) groups is 1. The summed E-state index contributed by atoms with van der Waals surface area (Å²) >= 11 is 6.07. The number of alkyl halides is 3. The summed E-state index contributed by atoms with van der Waals surface area (Å²) in [6, 6.07) is 8.05. The number of para-hydroxylation sites is 2. The molecule has 30 heavy (non-hydrogen) atoms. The average Bonchev–Trinajstić information content (AvgIpc) is 2.93. The Bertz CT molecular complexity index is 895. The van der Waals surface area contributed by atoms with Crippen molar-refractivity contribution in [2.45, 2.75) is 12.6 Å². The number of ether oxygens (including phenoxy) is 1. The Labute approximate surface area is 177 Å². The highest BCUT2D eigenvalue weighted by Crippen LogP contribution is 2.33. The van der Waals surface area contributed by atoms with E-state index < -0.39 is 11.7 Å². The molecule has 2 aromatic rings. The average molecular weight is 443 g/mol. The van der Waals surface area contributed by atoms with Crippen molar-refractivity contribution in [3.8, 4) is 5.75 Å². The zero-order valence-electron chi connectivity index (χ0n) is 16.4. The van der Waals surface area contributed by atoms with Crippen molar-refractivity contribution in [2.24, 2.45) is 0 Å². The molecule has 0 bridgehead atoms. The van der Waals surface area contributed by atoms with Gasteiger partial charge in [0.2, 0.25) is 5.91 Å². The van der Waals surface area contributed by atoms with Gasteiger partial charge < -0.3 is 15.0 Å². The summed E-state index contributed by atoms with van der Waals surface area (Å²) in [5.74, 6) is 0.736. The van der Waals surface area contributed by atoms with Gasteiger partial charge in [-0.3, -0.25) is 9.69 Å². The number of rotatable bonds is 5. The van der Waals surface area contributed by atoms with E-state index in [9.17, 15) is 18.0 Å². The SMILES string of the molecule is COc1ccccc1NC(=O)CN1CCCN(c2ncc(C(F)(F)F)cc2Cl)CC1. The first kappa shape index (κ1) is 22.2. The summed E-state index contributed by atoms with van der Waals surface area (Å²) in [7, 11) is 1.54. The van der Waals surface area contributed by atoms with Crippen LogP contribution < -0.4 is 15.0 Å². The zero-order valence-corrected chi connectivity index (χ0v) is 17.1. The van der Waals surface area contributed by atoms with Gasteiger partial charge in [0, 0.05) is 32.4 Å². The highest BCUT2D eigenvalue weighted by Gasteiger charge is 2.32. The molecule has 0 radical (unpaired) electrons. The van der Waals surface area contributed by atoms with Crippen molar-refractivity contribution >= 4 is 29.0 Å². The second-order valence-corrected chi connectivity index (χ2v) is 7.30. The summed E-state index contributed by atoms with van der Waals surface area (Å²) in [6.07, 6.45) is -2.97. The van der Waals surface area contributed by atoms with Crippen LogP contribution in [0.25, 0.3) is 0 Å². The van der Waals surface area contributed by atoms with E-state index in [0.29, 0.717) is 43.4 Å². The Hall–Kier alpha value is -2.52. The molecule has 1 amide bonds. The number of methoxy groups -OCH3 is 1. The van der Waals surface area contributed by atoms with Crippen molar-refractivity contribution in [3.05, 3.63) is 47.1 Å². The third-order valence-corrected chi connectivity index (χ3v) is 5.06. The van der Waals surface area contributed by atoms with Gasteiger partial charge in [0.05, 0.1) is 29.9 Å². The first-order valence-electron chi connectivity index (χ1n) is 9.41. The summed E-state index contributed by atoms with van der Waals surface area (Å²) in [6.45, 7) is 2.51. The van der Waals surface area contributed by atoms with Crippen LogP contribution in [0.15, 0.2) is 36.5 Å². The monoisotopic (exact) mass is 442 g/mol. The quantitative estimate of drug-likeness (QED) is 0.760. The van der Waals surface area contributed by atoms with Crippen molar-refractivity contribution in [1.29, 1.82) is 0 Å². The molecule has 0 unspecified atom stereocenters. The molecule has 6 nitrogen and oxygen atoms in total. The number of nitrogens with zero attached hydrogens (tertiary/aromatic N) is 3. The Morgan fingerprint density at radius 3 is 2.70 bits per heavy atom. The number of hydrogen-bond acceptors (Lipinski definition) is 5. The van der Waals surface area contributed by atoms with Crippen molar-refractivity contribution in [2.75, 3.05) is 50.1 Å². The molecule has 1 aromatic carbocycles. The third kappa shape index (κ3) is 5.54. The van der Waals surface area contributed by atoms with Crippen LogP contribution in [-0.4, -0.2) is 55.6 Å². The van der Waals surface area contributed by atoms with E-state index in [1.165, 1.54) is 7.11 Å². The molecule has 1 saturated heterocycles. The fourth-order valence-electron chi connectivity index (χ4n) is 3.30. The van der Waals surface area contributed by atoms with Crippen LogP contribution >= 0.6 is 11.6 Å². The normalized spacial score (nSPS) is 15.6. The number of hydrogen-bond donors (Lipinski definition) is 1. The van der Waals surface area contributed by atoms with E-state index in [2.05, 4.69) is 10.3 Å². The summed E-state index contributed by atoms with van der Waals surface area (Å²) in [4.78, 5) is 20.2. The molecule has 2 heterocycles. The maximum absolute atomic E-state index is 12.8. The van der Waals surface area contributed by atoms with Crippen molar-refractivity contribution in [3.63, 3.8) is 0 Å². The van der Waals surface area contributed by atoms with E-state index in [1.54, 1.807) is 12.1 Å². The Morgan fingerprint density at radius 1 is 1.23 bits per heavy atom. The van der Waals surface area contributed by atoms with Gasteiger partial charge >= 0.3 is 6.18 Å². The molecule has 0 atom stereocenters. The van der Waals surface area contributed by atoms with Gasteiger partial charge in [-0.05, 0) is 24.6 Å². The van der Waals surface area contributed by atoms with Gasteiger partial charge in [0.15, 0.2) is 0 Å². The fraction of sp³-hybridized carbons (Fsp3) is 0.400. The molecule has 162 valence electrons. The van der Waals surface area contributed by atoms with Gasteiger partial charge in [-0.1, -0.05) is 23.7 Å². The summed E-state index contributed by atoms with van der Waals surface area (Å²) in [5, 5.41) is 2.81. The van der Waals surface area contributed by atoms with Crippen LogP contribution in [0.1, 0.15) is 12.0 Å². The molecule has 0 aliphatic carbocycles. The predicted molar refractivity (Wildman–Crippen MR) is 109 cm³/mol. The molecule has 10 heteroatoms. The third-order valence-electron chi connectivity index (χ3n) is 4.79. The molecular formula is C20H22ClF3N4O2. The zero-order chi connectivity index (χ0) is 21.7. The van der Waals surface area contributed by atoms with E-state index in [1.807, 2.05) is 21.9 Å². The first-order chi connectivity index (χ1) is 14.3. The van der Waals surface area contributed by atoms with Gasteiger partial charge in [-0.15, -0.1) is 0 Å². The molecule has 1 N–H and O–H groups in total. The number of carbonyl (C=O) groups excluding carboxylic acids is 1. The Morgan fingerprint density at radius 2 is 2.00 bits per heavy atom. The van der Waals surface area contributed by atoms with Gasteiger partial charge in [-0.25, -0.2) is 4.98 Å². The van der Waals surface area contributed by atoms with Crippen LogP contribution in [0.3, 0.4) is 0 Å². The van der Waals surface area contributed by atoms with E-state index in [-0.39, 0.29) is 17.5 Å². The van der Waals surface area contributed by atoms with Crippen molar-refractivity contribution in [1.82, 2.24) is 9.88 Å². The van der Waals surface area contributed by atoms with Crippen LogP contribution in [0, 0.1) is 0 Å². The lowest BCUT2D eigenvalue weighted by molar-refractivity contribution is -0.137. The van der Waals surface area contributed by atoms with Crippen molar-refractivity contribution < 1.29 is 22.7 Å². The van der Waals surface area contributed by atoms with E-state index in [0.717, 1.165) is 18.7 Å². The number of nitrogens with one attached hydrogen (secondary N) is 1. The van der Waals surface area contributed by atoms with E-state index >= 15 is 0 Å². The maximum atomic E-state index is 12.8. The number of pyridine rings is 1. The van der Waals surface area contributed by atoms with Gasteiger partial charge in [-0.2, -0.15) is 13.2 Å². The standard InChI is InChI=1S/C20H22ClF3N4O2/c1-30-17-6-3-2-5-16(17)26-18(29)13-27-7-4-8-28(10-9-27)19-15(21)11-14(12-25-19)20(22,23)24/h2-3,5-6,11-12H,4,7-10,13H2,1H3,(H,26,29).